The molecule has 0 fully saturated rings. The third-order valence-electron chi connectivity index (χ3n) is 3.07. The summed E-state index contributed by atoms with van der Waals surface area (Å²) in [6.45, 7) is 1.70. The van der Waals surface area contributed by atoms with Crippen molar-refractivity contribution in [2.75, 3.05) is 11.9 Å². The monoisotopic (exact) mass is 309 g/mol. The summed E-state index contributed by atoms with van der Waals surface area (Å²) in [5.74, 6) is -0.405. The Hall–Kier alpha value is -2.88. The molecule has 4 nitrogen and oxygen atoms in total. The normalized spacial score (nSPS) is 10.5. The van der Waals surface area contributed by atoms with E-state index in [1.807, 2.05) is 42.5 Å². The van der Waals surface area contributed by atoms with E-state index in [-0.39, 0.29) is 24.9 Å². The van der Waals surface area contributed by atoms with Crippen molar-refractivity contribution in [2.24, 2.45) is 0 Å². The van der Waals surface area contributed by atoms with E-state index in [4.69, 9.17) is 4.74 Å². The average Bonchev–Trinajstić information content (AvgIpc) is 2.54. The van der Waals surface area contributed by atoms with Gasteiger partial charge in [0.05, 0.1) is 6.42 Å². The van der Waals surface area contributed by atoms with Crippen LogP contribution in [0.2, 0.25) is 0 Å². The molecule has 118 valence electrons. The number of hydrogen-bond acceptors (Lipinski definition) is 3. The Kier molecular flexibility index (Phi) is 6.12. The van der Waals surface area contributed by atoms with Crippen LogP contribution in [0.1, 0.15) is 18.1 Å². The summed E-state index contributed by atoms with van der Waals surface area (Å²) < 4.78 is 5.17. The molecule has 0 heterocycles. The lowest BCUT2D eigenvalue weighted by atomic mass is 10.1. The summed E-state index contributed by atoms with van der Waals surface area (Å²) >= 11 is 0. The highest BCUT2D eigenvalue weighted by Gasteiger charge is 2.04. The molecule has 2 aromatic carbocycles. The number of benzene rings is 2. The highest BCUT2D eigenvalue weighted by molar-refractivity contribution is 5.88. The van der Waals surface area contributed by atoms with E-state index in [1.54, 1.807) is 24.3 Å². The van der Waals surface area contributed by atoms with Crippen molar-refractivity contribution < 1.29 is 14.3 Å². The zero-order valence-electron chi connectivity index (χ0n) is 13.0. The number of hydrogen-bond donors (Lipinski definition) is 1. The minimum Gasteiger partial charge on any atom is -0.461 e. The van der Waals surface area contributed by atoms with Crippen molar-refractivity contribution in [2.45, 2.75) is 13.3 Å². The van der Waals surface area contributed by atoms with Crippen LogP contribution in [-0.2, 0) is 20.7 Å². The third kappa shape index (κ3) is 6.18. The minimum atomic E-state index is -0.282. The zero-order valence-corrected chi connectivity index (χ0v) is 13.0. The second kappa shape index (κ2) is 8.54. The SMILES string of the molecule is CC(=O)Nc1ccc(CC(=O)OCC=Cc2ccccc2)cc1. The molecular weight excluding hydrogens is 290 g/mol. The van der Waals surface area contributed by atoms with Gasteiger partial charge in [-0.1, -0.05) is 48.5 Å². The lowest BCUT2D eigenvalue weighted by Gasteiger charge is -2.05. The van der Waals surface area contributed by atoms with Gasteiger partial charge in [-0.05, 0) is 29.3 Å². The Labute approximate surface area is 135 Å². The average molecular weight is 309 g/mol. The molecule has 0 bridgehead atoms. The van der Waals surface area contributed by atoms with E-state index in [0.717, 1.165) is 11.1 Å². The van der Waals surface area contributed by atoms with Crippen molar-refractivity contribution >= 4 is 23.6 Å². The largest absolute Gasteiger partial charge is 0.461 e. The summed E-state index contributed by atoms with van der Waals surface area (Å²) in [6.07, 6.45) is 3.93. The molecule has 1 amide bonds. The molecule has 0 aromatic heterocycles. The predicted molar refractivity (Wildman–Crippen MR) is 90.9 cm³/mol. The van der Waals surface area contributed by atoms with Crippen molar-refractivity contribution in [1.82, 2.24) is 0 Å². The van der Waals surface area contributed by atoms with Crippen LogP contribution in [0.4, 0.5) is 5.69 Å². The quantitative estimate of drug-likeness (QED) is 0.832. The maximum atomic E-state index is 11.8. The van der Waals surface area contributed by atoms with Crippen LogP contribution in [0.3, 0.4) is 0 Å². The molecule has 1 N–H and O–H groups in total. The van der Waals surface area contributed by atoms with Gasteiger partial charge in [0.15, 0.2) is 0 Å². The molecule has 0 saturated carbocycles. The molecule has 4 heteroatoms. The number of carbonyl (C=O) groups is 2. The molecule has 0 atom stereocenters. The molecule has 0 aliphatic carbocycles. The molecule has 0 aliphatic rings. The maximum absolute atomic E-state index is 11.8. The van der Waals surface area contributed by atoms with Gasteiger partial charge in [0, 0.05) is 12.6 Å². The van der Waals surface area contributed by atoms with E-state index in [2.05, 4.69) is 5.32 Å². The molecule has 2 aromatic rings. The van der Waals surface area contributed by atoms with Gasteiger partial charge in [-0.2, -0.15) is 0 Å². The Morgan fingerprint density at radius 2 is 1.74 bits per heavy atom. The Bertz CT molecular complexity index is 676. The van der Waals surface area contributed by atoms with Crippen molar-refractivity contribution in [3.63, 3.8) is 0 Å². The first-order valence-electron chi connectivity index (χ1n) is 7.37. The standard InChI is InChI=1S/C19H19NO3/c1-15(21)20-18-11-9-17(10-12-18)14-19(22)23-13-5-8-16-6-3-2-4-7-16/h2-12H,13-14H2,1H3,(H,20,21). The van der Waals surface area contributed by atoms with Crippen LogP contribution >= 0.6 is 0 Å². The van der Waals surface area contributed by atoms with Crippen molar-refractivity contribution in [3.8, 4) is 0 Å². The molecule has 23 heavy (non-hydrogen) atoms. The lowest BCUT2D eigenvalue weighted by Crippen LogP contribution is -2.08. The first-order chi connectivity index (χ1) is 11.1. The molecule has 2 rings (SSSR count). The molecule has 0 saturated heterocycles. The van der Waals surface area contributed by atoms with E-state index in [0.29, 0.717) is 5.69 Å². The fraction of sp³-hybridized carbons (Fsp3) is 0.158. The first kappa shape index (κ1) is 16.5. The van der Waals surface area contributed by atoms with Crippen molar-refractivity contribution in [1.29, 1.82) is 0 Å². The van der Waals surface area contributed by atoms with Crippen LogP contribution in [-0.4, -0.2) is 18.5 Å². The van der Waals surface area contributed by atoms with Crippen LogP contribution in [0.15, 0.2) is 60.7 Å². The van der Waals surface area contributed by atoms with Crippen LogP contribution in [0, 0.1) is 0 Å². The summed E-state index contributed by atoms with van der Waals surface area (Å²) in [4.78, 5) is 22.7. The van der Waals surface area contributed by atoms with Gasteiger partial charge < -0.3 is 10.1 Å². The Morgan fingerprint density at radius 3 is 2.39 bits per heavy atom. The van der Waals surface area contributed by atoms with Crippen molar-refractivity contribution in [3.05, 3.63) is 71.8 Å². The smallest absolute Gasteiger partial charge is 0.310 e. The third-order valence-corrected chi connectivity index (χ3v) is 3.07. The molecule has 0 aliphatic heterocycles. The number of ether oxygens (including phenoxy) is 1. The predicted octanol–water partition coefficient (Wildman–Crippen LogP) is 3.44. The van der Waals surface area contributed by atoms with E-state index in [1.165, 1.54) is 6.92 Å². The highest BCUT2D eigenvalue weighted by Crippen LogP contribution is 2.10. The van der Waals surface area contributed by atoms with E-state index >= 15 is 0 Å². The van der Waals surface area contributed by atoms with Crippen LogP contribution < -0.4 is 5.32 Å². The summed E-state index contributed by atoms with van der Waals surface area (Å²) in [7, 11) is 0. The van der Waals surface area contributed by atoms with Gasteiger partial charge >= 0.3 is 5.97 Å². The number of esters is 1. The number of carbonyl (C=O) groups excluding carboxylic acids is 2. The Balaban J connectivity index is 1.76. The maximum Gasteiger partial charge on any atom is 0.310 e. The van der Waals surface area contributed by atoms with Gasteiger partial charge in [-0.25, -0.2) is 0 Å². The highest BCUT2D eigenvalue weighted by atomic mass is 16.5. The molecular formula is C19H19NO3. The van der Waals surface area contributed by atoms with Gasteiger partial charge in [0.1, 0.15) is 6.61 Å². The number of anilines is 1. The Morgan fingerprint density at radius 1 is 1.04 bits per heavy atom. The molecule has 0 spiro atoms. The van der Waals surface area contributed by atoms with Gasteiger partial charge in [-0.15, -0.1) is 0 Å². The zero-order chi connectivity index (χ0) is 16.5. The summed E-state index contributed by atoms with van der Waals surface area (Å²) in [5, 5.41) is 2.68. The van der Waals surface area contributed by atoms with Gasteiger partial charge in [0.2, 0.25) is 5.91 Å². The number of amides is 1. The summed E-state index contributed by atoms with van der Waals surface area (Å²) in [6, 6.07) is 16.9. The lowest BCUT2D eigenvalue weighted by molar-refractivity contribution is -0.141. The number of nitrogens with one attached hydrogen (secondary N) is 1. The molecule has 0 radical (unpaired) electrons. The second-order valence-corrected chi connectivity index (χ2v) is 5.05. The first-order valence-corrected chi connectivity index (χ1v) is 7.37. The molecule has 0 unspecified atom stereocenters. The summed E-state index contributed by atoms with van der Waals surface area (Å²) in [5.41, 5.74) is 2.62. The fourth-order valence-corrected chi connectivity index (χ4v) is 2.02. The van der Waals surface area contributed by atoms with Gasteiger partial charge in [-0.3, -0.25) is 9.59 Å². The van der Waals surface area contributed by atoms with Gasteiger partial charge in [0.25, 0.3) is 0 Å². The minimum absolute atomic E-state index is 0.123. The van der Waals surface area contributed by atoms with E-state index < -0.39 is 0 Å². The fourth-order valence-electron chi connectivity index (χ4n) is 2.02. The van der Waals surface area contributed by atoms with Crippen LogP contribution in [0.5, 0.6) is 0 Å². The second-order valence-electron chi connectivity index (χ2n) is 5.05. The van der Waals surface area contributed by atoms with E-state index in [9.17, 15) is 9.59 Å². The van der Waals surface area contributed by atoms with Crippen LogP contribution in [0.25, 0.3) is 6.08 Å². The number of rotatable bonds is 6. The topological polar surface area (TPSA) is 55.4 Å².